The molecule has 0 bridgehead atoms. The third-order valence-corrected chi connectivity index (χ3v) is 2.46. The summed E-state index contributed by atoms with van der Waals surface area (Å²) in [6.07, 6.45) is 0. The van der Waals surface area contributed by atoms with Crippen LogP contribution in [-0.2, 0) is 15.1 Å². The van der Waals surface area contributed by atoms with E-state index < -0.39 is 11.6 Å². The van der Waals surface area contributed by atoms with Crippen molar-refractivity contribution in [2.45, 2.75) is 19.4 Å². The lowest BCUT2D eigenvalue weighted by Gasteiger charge is -2.26. The first-order valence-electron chi connectivity index (χ1n) is 5.07. The first-order valence-corrected chi connectivity index (χ1v) is 5.07. The van der Waals surface area contributed by atoms with Gasteiger partial charge in [-0.3, -0.25) is 0 Å². The molecule has 0 spiro atoms. The van der Waals surface area contributed by atoms with Crippen molar-refractivity contribution in [2.75, 3.05) is 13.7 Å². The summed E-state index contributed by atoms with van der Waals surface area (Å²) in [6.45, 7) is 3.61. The van der Waals surface area contributed by atoms with E-state index in [9.17, 15) is 9.90 Å². The van der Waals surface area contributed by atoms with Gasteiger partial charge in [-0.2, -0.15) is 0 Å². The molecular weight excluding hydrogens is 208 g/mol. The van der Waals surface area contributed by atoms with Crippen molar-refractivity contribution >= 4 is 5.97 Å². The second-order valence-electron chi connectivity index (χ2n) is 3.47. The molecule has 0 saturated heterocycles. The fraction of sp³-hybridized carbons (Fsp3) is 0.417. The third kappa shape index (κ3) is 2.17. The molecule has 0 aliphatic rings. The van der Waals surface area contributed by atoms with E-state index >= 15 is 0 Å². The molecule has 88 valence electrons. The molecule has 4 heteroatoms. The smallest absolute Gasteiger partial charge is 0.340 e. The minimum absolute atomic E-state index is 0.320. The van der Waals surface area contributed by atoms with Crippen molar-refractivity contribution in [1.29, 1.82) is 0 Å². The SMILES string of the molecule is CCOC(C)(C(=O)O)c1ccccc1OC. The Morgan fingerprint density at radius 2 is 2.06 bits per heavy atom. The summed E-state index contributed by atoms with van der Waals surface area (Å²) in [7, 11) is 1.51. The van der Waals surface area contributed by atoms with Crippen molar-refractivity contribution in [2.24, 2.45) is 0 Å². The molecule has 0 amide bonds. The summed E-state index contributed by atoms with van der Waals surface area (Å²) in [4.78, 5) is 11.3. The number of benzene rings is 1. The lowest BCUT2D eigenvalue weighted by molar-refractivity contribution is -0.164. The van der Waals surface area contributed by atoms with Gasteiger partial charge in [-0.05, 0) is 19.9 Å². The molecule has 0 aliphatic heterocycles. The number of para-hydroxylation sites is 1. The first-order chi connectivity index (χ1) is 7.56. The topological polar surface area (TPSA) is 55.8 Å². The number of carbonyl (C=O) groups is 1. The van der Waals surface area contributed by atoms with Crippen LogP contribution in [-0.4, -0.2) is 24.8 Å². The quantitative estimate of drug-likeness (QED) is 0.831. The highest BCUT2D eigenvalue weighted by Gasteiger charge is 2.38. The van der Waals surface area contributed by atoms with Crippen molar-refractivity contribution in [3.05, 3.63) is 29.8 Å². The van der Waals surface area contributed by atoms with E-state index in [1.807, 2.05) is 0 Å². The zero-order valence-corrected chi connectivity index (χ0v) is 9.69. The number of rotatable bonds is 5. The Labute approximate surface area is 94.8 Å². The highest BCUT2D eigenvalue weighted by Crippen LogP contribution is 2.33. The van der Waals surface area contributed by atoms with Crippen LogP contribution in [0.3, 0.4) is 0 Å². The van der Waals surface area contributed by atoms with E-state index in [4.69, 9.17) is 9.47 Å². The zero-order chi connectivity index (χ0) is 12.2. The highest BCUT2D eigenvalue weighted by molar-refractivity contribution is 5.80. The van der Waals surface area contributed by atoms with Crippen LogP contribution in [0.15, 0.2) is 24.3 Å². The van der Waals surface area contributed by atoms with Gasteiger partial charge in [0.1, 0.15) is 5.75 Å². The van der Waals surface area contributed by atoms with Crippen LogP contribution in [0.1, 0.15) is 19.4 Å². The average Bonchev–Trinajstić information content (AvgIpc) is 2.29. The zero-order valence-electron chi connectivity index (χ0n) is 9.69. The van der Waals surface area contributed by atoms with Gasteiger partial charge in [-0.25, -0.2) is 4.79 Å². The van der Waals surface area contributed by atoms with Crippen molar-refractivity contribution in [3.8, 4) is 5.75 Å². The van der Waals surface area contributed by atoms with Gasteiger partial charge in [-0.15, -0.1) is 0 Å². The summed E-state index contributed by atoms with van der Waals surface area (Å²) >= 11 is 0. The number of ether oxygens (including phenoxy) is 2. The number of carboxylic acids is 1. The van der Waals surface area contributed by atoms with Crippen LogP contribution < -0.4 is 4.74 Å². The van der Waals surface area contributed by atoms with Gasteiger partial charge in [0.05, 0.1) is 7.11 Å². The van der Waals surface area contributed by atoms with E-state index in [0.717, 1.165) is 0 Å². The molecule has 1 unspecified atom stereocenters. The Kier molecular flexibility index (Phi) is 3.90. The Balaban J connectivity index is 3.25. The molecule has 1 N–H and O–H groups in total. The maximum Gasteiger partial charge on any atom is 0.340 e. The van der Waals surface area contributed by atoms with Gasteiger partial charge < -0.3 is 14.6 Å². The van der Waals surface area contributed by atoms with E-state index in [1.165, 1.54) is 14.0 Å². The fourth-order valence-corrected chi connectivity index (χ4v) is 1.58. The molecule has 0 radical (unpaired) electrons. The maximum absolute atomic E-state index is 11.3. The molecule has 0 saturated carbocycles. The number of methoxy groups -OCH3 is 1. The predicted octanol–water partition coefficient (Wildman–Crippen LogP) is 2.03. The average molecular weight is 224 g/mol. The molecule has 0 aliphatic carbocycles. The van der Waals surface area contributed by atoms with Crippen LogP contribution >= 0.6 is 0 Å². The van der Waals surface area contributed by atoms with E-state index in [0.29, 0.717) is 17.9 Å². The van der Waals surface area contributed by atoms with Gasteiger partial charge in [-0.1, -0.05) is 18.2 Å². The molecule has 1 atom stereocenters. The third-order valence-electron chi connectivity index (χ3n) is 2.46. The molecule has 0 heterocycles. The van der Waals surface area contributed by atoms with Gasteiger partial charge in [0.15, 0.2) is 5.60 Å². The Bertz CT molecular complexity index is 375. The normalized spacial score (nSPS) is 14.2. The largest absolute Gasteiger partial charge is 0.496 e. The number of carboxylic acid groups (broad SMARTS) is 1. The van der Waals surface area contributed by atoms with Crippen LogP contribution in [0.2, 0.25) is 0 Å². The summed E-state index contributed by atoms with van der Waals surface area (Å²) < 4.78 is 10.5. The molecule has 0 fully saturated rings. The number of hydrogen-bond donors (Lipinski definition) is 1. The molecule has 1 aromatic carbocycles. The van der Waals surface area contributed by atoms with E-state index in [-0.39, 0.29) is 0 Å². The second-order valence-corrected chi connectivity index (χ2v) is 3.47. The molecule has 1 rings (SSSR count). The molecular formula is C12H16O4. The monoisotopic (exact) mass is 224 g/mol. The van der Waals surface area contributed by atoms with Gasteiger partial charge >= 0.3 is 5.97 Å². The van der Waals surface area contributed by atoms with Gasteiger partial charge in [0.2, 0.25) is 0 Å². The van der Waals surface area contributed by atoms with Crippen molar-refractivity contribution in [3.63, 3.8) is 0 Å². The van der Waals surface area contributed by atoms with Crippen molar-refractivity contribution in [1.82, 2.24) is 0 Å². The van der Waals surface area contributed by atoms with Gasteiger partial charge in [0, 0.05) is 12.2 Å². The molecule has 0 aromatic heterocycles. The fourth-order valence-electron chi connectivity index (χ4n) is 1.58. The van der Waals surface area contributed by atoms with Crippen LogP contribution in [0.4, 0.5) is 0 Å². The lowest BCUT2D eigenvalue weighted by atomic mass is 9.95. The number of hydrogen-bond acceptors (Lipinski definition) is 3. The molecule has 4 nitrogen and oxygen atoms in total. The maximum atomic E-state index is 11.3. The second kappa shape index (κ2) is 4.99. The Hall–Kier alpha value is -1.55. The van der Waals surface area contributed by atoms with Crippen LogP contribution in [0.25, 0.3) is 0 Å². The van der Waals surface area contributed by atoms with Gasteiger partial charge in [0.25, 0.3) is 0 Å². The first kappa shape index (κ1) is 12.5. The van der Waals surface area contributed by atoms with E-state index in [2.05, 4.69) is 0 Å². The summed E-state index contributed by atoms with van der Waals surface area (Å²) in [5.74, 6) is -0.514. The summed E-state index contributed by atoms with van der Waals surface area (Å²) in [6, 6.07) is 6.97. The summed E-state index contributed by atoms with van der Waals surface area (Å²) in [5.41, 5.74) is -0.853. The molecule has 16 heavy (non-hydrogen) atoms. The lowest BCUT2D eigenvalue weighted by Crippen LogP contribution is -2.35. The Morgan fingerprint density at radius 3 is 2.56 bits per heavy atom. The standard InChI is InChI=1S/C12H16O4/c1-4-16-12(2,11(13)14)9-7-5-6-8-10(9)15-3/h5-8H,4H2,1-3H3,(H,13,14). The molecule has 1 aromatic rings. The van der Waals surface area contributed by atoms with E-state index in [1.54, 1.807) is 31.2 Å². The highest BCUT2D eigenvalue weighted by atomic mass is 16.5. The van der Waals surface area contributed by atoms with Crippen molar-refractivity contribution < 1.29 is 19.4 Å². The minimum atomic E-state index is -1.37. The minimum Gasteiger partial charge on any atom is -0.496 e. The summed E-state index contributed by atoms with van der Waals surface area (Å²) in [5, 5.41) is 9.26. The number of aliphatic carboxylic acids is 1. The predicted molar refractivity (Wildman–Crippen MR) is 59.6 cm³/mol. The Morgan fingerprint density at radius 1 is 1.44 bits per heavy atom. The van der Waals surface area contributed by atoms with Crippen LogP contribution in [0.5, 0.6) is 5.75 Å². The van der Waals surface area contributed by atoms with Crippen LogP contribution in [0, 0.1) is 0 Å².